The van der Waals surface area contributed by atoms with Crippen molar-refractivity contribution in [1.82, 2.24) is 20.3 Å². The maximum absolute atomic E-state index is 15.0. The van der Waals surface area contributed by atoms with Gasteiger partial charge in [0.25, 0.3) is 5.88 Å². The van der Waals surface area contributed by atoms with Crippen molar-refractivity contribution in [2.75, 3.05) is 42.6 Å². The highest BCUT2D eigenvalue weighted by atomic mass is 19.4. The van der Waals surface area contributed by atoms with Crippen molar-refractivity contribution in [1.29, 1.82) is 0 Å². The van der Waals surface area contributed by atoms with Crippen LogP contribution in [0.25, 0.3) is 10.8 Å². The number of aromatic nitrogens is 3. The lowest BCUT2D eigenvalue weighted by Crippen LogP contribution is -2.46. The van der Waals surface area contributed by atoms with Crippen LogP contribution >= 0.6 is 0 Å². The normalized spacial score (nSPS) is 22.5. The number of anilines is 2. The van der Waals surface area contributed by atoms with Gasteiger partial charge in [-0.15, -0.1) is 6.42 Å². The highest BCUT2D eigenvalue weighted by Gasteiger charge is 2.44. The molecular weight excluding hydrogens is 727 g/mol. The third-order valence-electron chi connectivity index (χ3n) is 10.1. The molecule has 7 rings (SSSR count). The number of phenols is 1. The molecule has 2 unspecified atom stereocenters. The molecule has 0 bridgehead atoms. The van der Waals surface area contributed by atoms with Crippen molar-refractivity contribution < 1.29 is 46.1 Å². The number of rotatable bonds is 8. The van der Waals surface area contributed by atoms with Gasteiger partial charge in [-0.25, -0.2) is 13.8 Å². The zero-order chi connectivity index (χ0) is 39.1. The number of fused-ring (bicyclic) bond motifs is 2. The molecule has 1 amide bonds. The van der Waals surface area contributed by atoms with Gasteiger partial charge in [-0.3, -0.25) is 4.79 Å². The summed E-state index contributed by atoms with van der Waals surface area (Å²) < 4.78 is 88.6. The number of alkyl halides is 4. The zero-order valence-electron chi connectivity index (χ0n) is 29.7. The molecule has 2 N–H and O–H groups in total. The number of terminal acetylenes is 1. The van der Waals surface area contributed by atoms with Crippen LogP contribution in [0.5, 0.6) is 23.4 Å². The van der Waals surface area contributed by atoms with Crippen LogP contribution in [0.15, 0.2) is 55.3 Å². The number of ether oxygens (including phenoxy) is 3. The number of carbonyl (C=O) groups excluding carboxylic acids is 1. The predicted octanol–water partition coefficient (Wildman–Crippen LogP) is 6.43. The van der Waals surface area contributed by atoms with E-state index in [2.05, 4.69) is 27.8 Å². The second-order valence-electron chi connectivity index (χ2n) is 14.0. The van der Waals surface area contributed by atoms with Crippen molar-refractivity contribution >= 4 is 28.2 Å². The molecule has 2 aromatic heterocycles. The van der Waals surface area contributed by atoms with Crippen LogP contribution in [0.1, 0.15) is 55.5 Å². The number of halogens is 5. The third kappa shape index (κ3) is 7.60. The lowest BCUT2D eigenvalue weighted by atomic mass is 9.95. The van der Waals surface area contributed by atoms with E-state index in [1.807, 2.05) is 4.90 Å². The zero-order valence-corrected chi connectivity index (χ0v) is 29.7. The van der Waals surface area contributed by atoms with Gasteiger partial charge >= 0.3 is 12.2 Å². The van der Waals surface area contributed by atoms with Crippen LogP contribution in [0.4, 0.5) is 33.5 Å². The minimum absolute atomic E-state index is 0.0110. The van der Waals surface area contributed by atoms with Gasteiger partial charge in [0, 0.05) is 36.5 Å². The molecule has 4 atom stereocenters. The summed E-state index contributed by atoms with van der Waals surface area (Å²) in [5.41, 5.74) is -1.51. The summed E-state index contributed by atoms with van der Waals surface area (Å²) in [4.78, 5) is 28.6. The Kier molecular flexibility index (Phi) is 10.1. The number of benzene rings is 2. The highest BCUT2D eigenvalue weighted by molar-refractivity contribution is 5.93. The fraction of sp³-hybridized carbons (Fsp3) is 0.385. The number of carbonyl (C=O) groups is 1. The fourth-order valence-corrected chi connectivity index (χ4v) is 7.49. The number of hydrogen-bond donors (Lipinski definition) is 2. The largest absolute Gasteiger partial charge is 0.508 e. The summed E-state index contributed by atoms with van der Waals surface area (Å²) in [6, 6.07) is 7.25. The number of hydrogen-bond acceptors (Lipinski definition) is 10. The highest BCUT2D eigenvalue weighted by Crippen LogP contribution is 2.45. The average molecular weight is 765 g/mol. The maximum Gasteiger partial charge on any atom is 0.433 e. The van der Waals surface area contributed by atoms with Crippen LogP contribution in [-0.4, -0.2) is 76.6 Å². The van der Waals surface area contributed by atoms with Crippen molar-refractivity contribution in [2.24, 2.45) is 0 Å². The number of aromatic hydroxyl groups is 1. The van der Waals surface area contributed by atoms with E-state index in [1.54, 1.807) is 11.8 Å². The summed E-state index contributed by atoms with van der Waals surface area (Å²) in [5, 5.41) is 14.4. The molecular formula is C39H37F5N6O5. The summed E-state index contributed by atoms with van der Waals surface area (Å²) in [5.74, 6) is 1.78. The molecule has 0 saturated carbocycles. The molecule has 11 nitrogen and oxygen atoms in total. The topological polar surface area (TPSA) is 122 Å². The number of pyridine rings is 1. The summed E-state index contributed by atoms with van der Waals surface area (Å²) in [6.07, 6.45) is 3.33. The lowest BCUT2D eigenvalue weighted by molar-refractivity contribution is -0.141. The maximum atomic E-state index is 15.0. The van der Waals surface area contributed by atoms with E-state index in [-0.39, 0.29) is 72.8 Å². The van der Waals surface area contributed by atoms with Crippen molar-refractivity contribution in [3.05, 3.63) is 77.9 Å². The van der Waals surface area contributed by atoms with Gasteiger partial charge in [-0.2, -0.15) is 23.1 Å². The monoisotopic (exact) mass is 764 g/mol. The molecule has 4 aromatic rings. The molecule has 0 spiro atoms. The second kappa shape index (κ2) is 14.8. The first-order valence-corrected chi connectivity index (χ1v) is 17.6. The molecule has 0 radical (unpaired) electrons. The van der Waals surface area contributed by atoms with Gasteiger partial charge in [-0.05, 0) is 68.0 Å². The molecule has 288 valence electrons. The Morgan fingerprint density at radius 2 is 2.04 bits per heavy atom. The van der Waals surface area contributed by atoms with Gasteiger partial charge in [0.2, 0.25) is 11.7 Å². The molecule has 5 heterocycles. The van der Waals surface area contributed by atoms with E-state index in [9.17, 15) is 27.5 Å². The smallest absolute Gasteiger partial charge is 0.433 e. The van der Waals surface area contributed by atoms with Gasteiger partial charge in [0.15, 0.2) is 11.9 Å². The van der Waals surface area contributed by atoms with Gasteiger partial charge < -0.3 is 34.4 Å². The number of nitrogens with one attached hydrogen (secondary N) is 1. The Hall–Kier alpha value is -5.85. The van der Waals surface area contributed by atoms with Gasteiger partial charge in [-0.1, -0.05) is 18.6 Å². The predicted molar refractivity (Wildman–Crippen MR) is 193 cm³/mol. The molecule has 2 fully saturated rings. The lowest BCUT2D eigenvalue weighted by Gasteiger charge is -2.36. The van der Waals surface area contributed by atoms with E-state index in [0.29, 0.717) is 41.7 Å². The number of phenolic OH excluding ortho intramolecular Hbond substituents is 1. The van der Waals surface area contributed by atoms with E-state index >= 15 is 4.39 Å². The first kappa shape index (κ1) is 37.5. The van der Waals surface area contributed by atoms with E-state index in [4.69, 9.17) is 25.6 Å². The Morgan fingerprint density at radius 1 is 1.22 bits per heavy atom. The first-order valence-electron chi connectivity index (χ1n) is 17.6. The molecule has 3 aliphatic rings. The average Bonchev–Trinajstić information content (AvgIpc) is 3.29. The summed E-state index contributed by atoms with van der Waals surface area (Å²) in [7, 11) is 0. The number of amides is 1. The molecule has 2 aromatic carbocycles. The van der Waals surface area contributed by atoms with Crippen LogP contribution in [0.2, 0.25) is 0 Å². The minimum atomic E-state index is -4.64. The Morgan fingerprint density at radius 3 is 2.76 bits per heavy atom. The van der Waals surface area contributed by atoms with E-state index in [0.717, 1.165) is 25.1 Å². The van der Waals surface area contributed by atoms with Gasteiger partial charge in [0.1, 0.15) is 36.6 Å². The quantitative estimate of drug-likeness (QED) is 0.118. The van der Waals surface area contributed by atoms with Crippen LogP contribution < -0.4 is 29.3 Å². The SMILES string of the molecule is C#Cc1c(F)ccc2cc(O)cc(C3COc4c(nc(OC[C@]5(C)C[C@@H](F)CN5c5ccc(C(F)(F)F)nc5)nc4N4CCCCC(NC(=O)C=C)C4)O3)c12. The second-order valence-corrected chi connectivity index (χ2v) is 14.0. The van der Waals surface area contributed by atoms with Crippen molar-refractivity contribution in [3.63, 3.8) is 0 Å². The third-order valence-corrected chi connectivity index (χ3v) is 10.1. The Bertz CT molecular complexity index is 2160. The fourth-order valence-electron chi connectivity index (χ4n) is 7.49. The molecule has 55 heavy (non-hydrogen) atoms. The standard InChI is InChI=1S/C39H37F5N6O5/c1-4-27-29(41)11-9-22-14-26(51)15-28(33(22)27)30-20-53-34-35(49-13-7-6-8-24(19-49)46-32(52)5-2)47-37(48-36(34)55-30)54-21-38(3)16-23(40)18-50(38)25-10-12-31(45-17-25)39(42,43)44/h1,5,9-12,14-15,17,23-24,30,51H,2,6-8,13,16,18-21H2,3H3,(H,46,52)/t23-,24?,30?,38+/m1/s1. The van der Waals surface area contributed by atoms with Crippen LogP contribution in [0, 0.1) is 18.2 Å². The van der Waals surface area contributed by atoms with Gasteiger partial charge in [0.05, 0.1) is 29.5 Å². The summed E-state index contributed by atoms with van der Waals surface area (Å²) in [6.45, 7) is 5.74. The minimum Gasteiger partial charge on any atom is -0.508 e. The summed E-state index contributed by atoms with van der Waals surface area (Å²) >= 11 is 0. The molecule has 16 heteroatoms. The van der Waals surface area contributed by atoms with E-state index < -0.39 is 35.5 Å². The van der Waals surface area contributed by atoms with Crippen molar-refractivity contribution in [3.8, 4) is 35.7 Å². The van der Waals surface area contributed by atoms with Crippen molar-refractivity contribution in [2.45, 2.75) is 62.6 Å². The van der Waals surface area contributed by atoms with Crippen LogP contribution in [-0.2, 0) is 11.0 Å². The number of nitrogens with zero attached hydrogens (tertiary/aromatic N) is 5. The molecule has 0 aliphatic carbocycles. The first-order chi connectivity index (χ1) is 26.3. The Labute approximate surface area is 313 Å². The molecule has 2 saturated heterocycles. The molecule has 3 aliphatic heterocycles. The van der Waals surface area contributed by atoms with Crippen LogP contribution in [0.3, 0.4) is 0 Å². The van der Waals surface area contributed by atoms with E-state index in [1.165, 1.54) is 36.4 Å². The Balaban J connectivity index is 1.24.